The summed E-state index contributed by atoms with van der Waals surface area (Å²) in [5.74, 6) is -1.94. The van der Waals surface area contributed by atoms with E-state index >= 15 is 8.78 Å². The van der Waals surface area contributed by atoms with Gasteiger partial charge in [-0.05, 0) is 73.4 Å². The Bertz CT molecular complexity index is 1370. The van der Waals surface area contributed by atoms with Crippen LogP contribution >= 0.6 is 0 Å². The number of nitrogens with one attached hydrogen (secondary N) is 1. The molecule has 0 atom stereocenters. The van der Waals surface area contributed by atoms with Crippen molar-refractivity contribution >= 4 is 23.6 Å². The van der Waals surface area contributed by atoms with E-state index in [0.29, 0.717) is 25.2 Å². The number of rotatable bonds is 7. The van der Waals surface area contributed by atoms with Crippen LogP contribution in [-0.2, 0) is 11.3 Å². The Hall–Kier alpha value is -4.07. The number of piperidine rings is 1. The van der Waals surface area contributed by atoms with Crippen LogP contribution in [0, 0.1) is 17.0 Å². The van der Waals surface area contributed by atoms with E-state index < -0.39 is 11.6 Å². The maximum atomic E-state index is 15.0. The molecule has 40 heavy (non-hydrogen) atoms. The van der Waals surface area contributed by atoms with Crippen molar-refractivity contribution in [3.63, 3.8) is 0 Å². The quantitative estimate of drug-likeness (QED) is 0.393. The molecule has 1 saturated heterocycles. The highest BCUT2D eigenvalue weighted by atomic mass is 19.1. The first-order valence-electron chi connectivity index (χ1n) is 13.7. The average molecular weight is 545 g/mol. The minimum absolute atomic E-state index is 0.0254. The van der Waals surface area contributed by atoms with E-state index in [2.05, 4.69) is 10.3 Å². The molecule has 208 valence electrons. The maximum Gasteiger partial charge on any atom is 0.254 e. The number of halogens is 2. The zero-order valence-corrected chi connectivity index (χ0v) is 22.9. The molecular weight excluding hydrogens is 510 g/mol. The van der Waals surface area contributed by atoms with Gasteiger partial charge in [0.05, 0.1) is 0 Å². The largest absolute Gasteiger partial charge is 0.366 e. The third kappa shape index (κ3) is 6.06. The normalized spacial score (nSPS) is 16.9. The van der Waals surface area contributed by atoms with Gasteiger partial charge in [0.15, 0.2) is 0 Å². The topological polar surface area (TPSA) is 65.5 Å². The Morgan fingerprint density at radius 1 is 1.07 bits per heavy atom. The predicted octanol–water partition coefficient (Wildman–Crippen LogP) is 5.60. The van der Waals surface area contributed by atoms with Crippen molar-refractivity contribution in [2.75, 3.05) is 25.0 Å². The summed E-state index contributed by atoms with van der Waals surface area (Å²) in [6.45, 7) is 3.19. The van der Waals surface area contributed by atoms with E-state index in [4.69, 9.17) is 0 Å². The molecule has 3 aromatic rings. The van der Waals surface area contributed by atoms with Gasteiger partial charge < -0.3 is 15.1 Å². The smallest absolute Gasteiger partial charge is 0.254 e. The monoisotopic (exact) mass is 544 g/mol. The van der Waals surface area contributed by atoms with Crippen LogP contribution in [-0.4, -0.2) is 47.9 Å². The van der Waals surface area contributed by atoms with Gasteiger partial charge in [-0.1, -0.05) is 36.4 Å². The van der Waals surface area contributed by atoms with Crippen LogP contribution in [0.15, 0.2) is 72.6 Å². The lowest BCUT2D eigenvalue weighted by Gasteiger charge is -2.52. The molecule has 2 fully saturated rings. The average Bonchev–Trinajstić information content (AvgIpc) is 2.93. The Morgan fingerprint density at radius 3 is 2.38 bits per heavy atom. The van der Waals surface area contributed by atoms with Crippen molar-refractivity contribution in [2.24, 2.45) is 5.41 Å². The number of aromatic nitrogens is 1. The van der Waals surface area contributed by atoms with Crippen LogP contribution < -0.4 is 10.2 Å². The van der Waals surface area contributed by atoms with Crippen molar-refractivity contribution in [1.82, 2.24) is 15.2 Å². The summed E-state index contributed by atoms with van der Waals surface area (Å²) in [4.78, 5) is 33.0. The van der Waals surface area contributed by atoms with E-state index in [1.165, 1.54) is 4.90 Å². The Kier molecular flexibility index (Phi) is 7.96. The number of likely N-dealkylation sites (tertiary alicyclic amines) is 1. The summed E-state index contributed by atoms with van der Waals surface area (Å²) in [7, 11) is 1.63. The van der Waals surface area contributed by atoms with Gasteiger partial charge in [0.1, 0.15) is 17.3 Å². The summed E-state index contributed by atoms with van der Waals surface area (Å²) in [6.07, 6.45) is 8.57. The van der Waals surface area contributed by atoms with Gasteiger partial charge in [-0.2, -0.15) is 0 Å². The molecule has 1 aromatic heterocycles. The maximum absolute atomic E-state index is 15.0. The lowest BCUT2D eigenvalue weighted by Crippen LogP contribution is -2.55. The zero-order chi connectivity index (χ0) is 28.3. The number of hydrogen-bond acceptors (Lipinski definition) is 4. The first-order valence-corrected chi connectivity index (χ1v) is 13.7. The number of carbonyl (C=O) groups is 2. The standard InChI is InChI=1S/C32H34F2N4O2/c1-22(15-24-9-6-12-35-20-24)30(39)36-26-18-32(19-26)10-13-38(14-11-32)31(40)25-16-27(33)29(28(34)17-25)37(2)21-23-7-4-3-5-8-23/h3-9,12,15-17,20,26H,10-11,13-14,18-19,21H2,1-2H3,(H,36,39)/b22-15+. The van der Waals surface area contributed by atoms with Crippen molar-refractivity contribution in [2.45, 2.75) is 45.2 Å². The van der Waals surface area contributed by atoms with E-state index in [1.54, 1.807) is 31.3 Å². The second-order valence-electron chi connectivity index (χ2n) is 11.1. The summed E-state index contributed by atoms with van der Waals surface area (Å²) < 4.78 is 30.0. The zero-order valence-electron chi connectivity index (χ0n) is 22.9. The van der Waals surface area contributed by atoms with Gasteiger partial charge in [0.2, 0.25) is 5.91 Å². The van der Waals surface area contributed by atoms with E-state index in [0.717, 1.165) is 48.9 Å². The molecule has 1 aliphatic heterocycles. The predicted molar refractivity (Wildman–Crippen MR) is 152 cm³/mol. The van der Waals surface area contributed by atoms with Crippen LogP contribution in [0.25, 0.3) is 6.08 Å². The van der Waals surface area contributed by atoms with E-state index in [-0.39, 0.29) is 34.5 Å². The molecule has 1 aliphatic carbocycles. The Balaban J connectivity index is 1.13. The fourth-order valence-electron chi connectivity index (χ4n) is 5.93. The van der Waals surface area contributed by atoms with Gasteiger partial charge in [0.25, 0.3) is 5.91 Å². The van der Waals surface area contributed by atoms with Crippen molar-refractivity contribution in [3.8, 4) is 0 Å². The molecule has 6 nitrogen and oxygen atoms in total. The van der Waals surface area contributed by atoms with Gasteiger partial charge >= 0.3 is 0 Å². The molecule has 5 rings (SSSR count). The molecule has 0 bridgehead atoms. The molecule has 8 heteroatoms. The van der Waals surface area contributed by atoms with Gasteiger partial charge in [-0.25, -0.2) is 8.78 Å². The third-order valence-corrected chi connectivity index (χ3v) is 8.14. The number of nitrogens with zero attached hydrogens (tertiary/aromatic N) is 3. The molecule has 2 aromatic carbocycles. The second kappa shape index (κ2) is 11.6. The minimum Gasteiger partial charge on any atom is -0.366 e. The van der Waals surface area contributed by atoms with Crippen LogP contribution in [0.5, 0.6) is 0 Å². The van der Waals surface area contributed by atoms with Crippen molar-refractivity contribution < 1.29 is 18.4 Å². The number of carbonyl (C=O) groups excluding carboxylic acids is 2. The fraction of sp³-hybridized carbons (Fsp3) is 0.344. The van der Waals surface area contributed by atoms with Crippen LogP contribution in [0.2, 0.25) is 0 Å². The Morgan fingerprint density at radius 2 is 1.75 bits per heavy atom. The Labute approximate surface area is 233 Å². The van der Waals surface area contributed by atoms with Crippen LogP contribution in [0.4, 0.5) is 14.5 Å². The van der Waals surface area contributed by atoms with E-state index in [1.807, 2.05) is 48.5 Å². The van der Waals surface area contributed by atoms with E-state index in [9.17, 15) is 9.59 Å². The highest BCUT2D eigenvalue weighted by Gasteiger charge is 2.47. The molecule has 0 unspecified atom stereocenters. The van der Waals surface area contributed by atoms with Gasteiger partial charge in [-0.15, -0.1) is 0 Å². The second-order valence-corrected chi connectivity index (χ2v) is 11.1. The van der Waals surface area contributed by atoms with Gasteiger partial charge in [0, 0.05) is 56.3 Å². The SMILES string of the molecule is C/C(=C\c1cccnc1)C(=O)NC1CC2(CCN(C(=O)c3cc(F)c(N(C)Cc4ccccc4)c(F)c3)CC2)C1. The molecule has 1 spiro atoms. The number of anilines is 1. The molecule has 2 heterocycles. The number of pyridine rings is 1. The molecule has 2 aliphatic rings. The number of hydrogen-bond donors (Lipinski definition) is 1. The highest BCUT2D eigenvalue weighted by Crippen LogP contribution is 2.49. The molecule has 0 radical (unpaired) electrons. The third-order valence-electron chi connectivity index (χ3n) is 8.14. The van der Waals surface area contributed by atoms with Crippen LogP contribution in [0.1, 0.15) is 54.1 Å². The summed E-state index contributed by atoms with van der Waals surface area (Å²) in [6, 6.07) is 15.6. The first-order chi connectivity index (χ1) is 19.2. The van der Waals surface area contributed by atoms with Gasteiger partial charge in [-0.3, -0.25) is 14.6 Å². The van der Waals surface area contributed by atoms with Crippen molar-refractivity contribution in [1.29, 1.82) is 0 Å². The molecular formula is C32H34F2N4O2. The summed E-state index contributed by atoms with van der Waals surface area (Å²) in [5.41, 5.74) is 2.41. The van der Waals surface area contributed by atoms with Crippen LogP contribution in [0.3, 0.4) is 0 Å². The first kappa shape index (κ1) is 27.5. The summed E-state index contributed by atoms with van der Waals surface area (Å²) in [5, 5.41) is 3.11. The fourth-order valence-corrected chi connectivity index (χ4v) is 5.93. The number of benzene rings is 2. The van der Waals surface area contributed by atoms with Crippen molar-refractivity contribution in [3.05, 3.63) is 101 Å². The summed E-state index contributed by atoms with van der Waals surface area (Å²) >= 11 is 0. The number of amides is 2. The minimum atomic E-state index is -0.749. The molecule has 1 saturated carbocycles. The molecule has 1 N–H and O–H groups in total. The molecule has 2 amide bonds. The highest BCUT2D eigenvalue weighted by molar-refractivity contribution is 5.97. The lowest BCUT2D eigenvalue weighted by atomic mass is 9.60. The lowest BCUT2D eigenvalue weighted by molar-refractivity contribution is -0.120.